The third kappa shape index (κ3) is 2.98. The Morgan fingerprint density at radius 2 is 2.04 bits per heavy atom. The van der Waals surface area contributed by atoms with Gasteiger partial charge in [0.05, 0.1) is 24.0 Å². The van der Waals surface area contributed by atoms with Gasteiger partial charge in [-0.2, -0.15) is 0 Å². The van der Waals surface area contributed by atoms with Crippen LogP contribution in [-0.4, -0.2) is 41.0 Å². The van der Waals surface area contributed by atoms with E-state index in [0.717, 1.165) is 12.0 Å². The molecule has 0 saturated carbocycles. The van der Waals surface area contributed by atoms with Gasteiger partial charge in [-0.15, -0.1) is 0 Å². The lowest BCUT2D eigenvalue weighted by molar-refractivity contribution is -0.139. The monoisotopic (exact) mass is 368 g/mol. The van der Waals surface area contributed by atoms with Gasteiger partial charge in [0, 0.05) is 13.1 Å². The van der Waals surface area contributed by atoms with Crippen molar-refractivity contribution < 1.29 is 14.3 Å². The third-order valence-electron chi connectivity index (χ3n) is 6.12. The van der Waals surface area contributed by atoms with E-state index in [1.54, 1.807) is 0 Å². The number of likely N-dealkylation sites (tertiary alicyclic amines) is 1. The van der Waals surface area contributed by atoms with E-state index in [9.17, 15) is 9.59 Å². The molecule has 4 rings (SSSR count). The average Bonchev–Trinajstić information content (AvgIpc) is 3.18. The molecule has 27 heavy (non-hydrogen) atoms. The van der Waals surface area contributed by atoms with Gasteiger partial charge in [0.1, 0.15) is 5.60 Å². The second kappa shape index (κ2) is 6.48. The zero-order chi connectivity index (χ0) is 19.2. The van der Waals surface area contributed by atoms with Crippen molar-refractivity contribution in [2.45, 2.75) is 44.9 Å². The molecule has 2 unspecified atom stereocenters. The van der Waals surface area contributed by atoms with Crippen molar-refractivity contribution in [3.63, 3.8) is 0 Å². The highest BCUT2D eigenvalue weighted by atomic mass is 16.5. The summed E-state index contributed by atoms with van der Waals surface area (Å²) in [6, 6.07) is 9.95. The minimum absolute atomic E-state index is 0.0240. The van der Waals surface area contributed by atoms with Gasteiger partial charge < -0.3 is 15.0 Å². The van der Waals surface area contributed by atoms with Crippen LogP contribution in [0.15, 0.2) is 42.5 Å². The quantitative estimate of drug-likeness (QED) is 0.785. The number of hydrogen-bond donors (Lipinski definition) is 1. The molecule has 3 aliphatic heterocycles. The number of amides is 2. The van der Waals surface area contributed by atoms with Crippen molar-refractivity contribution >= 4 is 11.8 Å². The summed E-state index contributed by atoms with van der Waals surface area (Å²) in [7, 11) is 0. The van der Waals surface area contributed by atoms with Crippen LogP contribution in [0.25, 0.3) is 0 Å². The fourth-order valence-electron chi connectivity index (χ4n) is 4.78. The van der Waals surface area contributed by atoms with Crippen LogP contribution in [0.5, 0.6) is 0 Å². The van der Waals surface area contributed by atoms with E-state index in [-0.39, 0.29) is 11.8 Å². The molecule has 3 heterocycles. The molecule has 5 heteroatoms. The van der Waals surface area contributed by atoms with Gasteiger partial charge in [-0.1, -0.05) is 56.3 Å². The van der Waals surface area contributed by atoms with E-state index in [0.29, 0.717) is 25.6 Å². The smallest absolute Gasteiger partial charge is 0.230 e. The van der Waals surface area contributed by atoms with Crippen LogP contribution >= 0.6 is 0 Å². The fraction of sp³-hybridized carbons (Fsp3) is 0.545. The first-order chi connectivity index (χ1) is 12.8. The minimum atomic E-state index is -0.693. The molecule has 1 aromatic carbocycles. The molecule has 2 fully saturated rings. The van der Waals surface area contributed by atoms with Gasteiger partial charge in [0.25, 0.3) is 0 Å². The maximum atomic E-state index is 13.2. The Kier molecular flexibility index (Phi) is 4.38. The zero-order valence-electron chi connectivity index (χ0n) is 16.3. The van der Waals surface area contributed by atoms with Crippen LogP contribution in [0.3, 0.4) is 0 Å². The Bertz CT molecular complexity index is 775. The van der Waals surface area contributed by atoms with E-state index in [2.05, 4.69) is 19.2 Å². The van der Waals surface area contributed by atoms with Gasteiger partial charge >= 0.3 is 0 Å². The summed E-state index contributed by atoms with van der Waals surface area (Å²) in [5.74, 6) is -0.420. The SMILES string of the molecule is CC(C)CCNC(=O)C1[C@@H]2C(=O)N(Cc3ccccc3)CC23C=C[C@@]1(C)O3. The number of fused-ring (bicyclic) bond motifs is 1. The number of hydrogen-bond acceptors (Lipinski definition) is 3. The van der Waals surface area contributed by atoms with Crippen molar-refractivity contribution in [2.75, 3.05) is 13.1 Å². The Labute approximate surface area is 160 Å². The molecule has 2 bridgehead atoms. The Morgan fingerprint density at radius 1 is 1.30 bits per heavy atom. The van der Waals surface area contributed by atoms with Crippen molar-refractivity contribution in [1.29, 1.82) is 0 Å². The lowest BCUT2D eigenvalue weighted by Crippen LogP contribution is -2.48. The summed E-state index contributed by atoms with van der Waals surface area (Å²) < 4.78 is 6.34. The molecule has 5 nitrogen and oxygen atoms in total. The first-order valence-corrected chi connectivity index (χ1v) is 9.86. The van der Waals surface area contributed by atoms with E-state index in [1.807, 2.05) is 54.3 Å². The maximum absolute atomic E-state index is 13.2. The van der Waals surface area contributed by atoms with Crippen LogP contribution in [0.4, 0.5) is 0 Å². The number of nitrogens with zero attached hydrogens (tertiary/aromatic N) is 1. The molecular formula is C22H28N2O3. The summed E-state index contributed by atoms with van der Waals surface area (Å²) in [5.41, 5.74) is -0.272. The number of nitrogens with one attached hydrogen (secondary N) is 1. The summed E-state index contributed by atoms with van der Waals surface area (Å²) >= 11 is 0. The number of carbonyl (C=O) groups is 2. The third-order valence-corrected chi connectivity index (χ3v) is 6.12. The molecular weight excluding hydrogens is 340 g/mol. The van der Waals surface area contributed by atoms with E-state index < -0.39 is 23.0 Å². The molecule has 1 aromatic rings. The number of benzene rings is 1. The number of rotatable bonds is 6. The normalized spacial score (nSPS) is 33.8. The molecule has 3 aliphatic rings. The molecule has 2 amide bonds. The summed E-state index contributed by atoms with van der Waals surface area (Å²) in [6.07, 6.45) is 4.92. The molecule has 1 N–H and O–H groups in total. The van der Waals surface area contributed by atoms with Gasteiger partial charge in [-0.3, -0.25) is 9.59 Å². The molecule has 0 aliphatic carbocycles. The molecule has 0 radical (unpaired) electrons. The summed E-state index contributed by atoms with van der Waals surface area (Å²) in [6.45, 7) is 7.88. The minimum Gasteiger partial charge on any atom is -0.357 e. The highest BCUT2D eigenvalue weighted by Gasteiger charge is 2.70. The largest absolute Gasteiger partial charge is 0.357 e. The first-order valence-electron chi connectivity index (χ1n) is 9.86. The highest BCUT2D eigenvalue weighted by Crippen LogP contribution is 2.57. The van der Waals surface area contributed by atoms with E-state index >= 15 is 0 Å². The molecule has 0 aromatic heterocycles. The zero-order valence-corrected chi connectivity index (χ0v) is 16.3. The van der Waals surface area contributed by atoms with E-state index in [4.69, 9.17) is 4.74 Å². The topological polar surface area (TPSA) is 58.6 Å². The molecule has 2 saturated heterocycles. The van der Waals surface area contributed by atoms with E-state index in [1.165, 1.54) is 0 Å². The van der Waals surface area contributed by atoms with Crippen LogP contribution in [-0.2, 0) is 20.9 Å². The van der Waals surface area contributed by atoms with Gasteiger partial charge in [-0.05, 0) is 24.8 Å². The predicted octanol–water partition coefficient (Wildman–Crippen LogP) is 2.52. The Balaban J connectivity index is 1.54. The van der Waals surface area contributed by atoms with Crippen molar-refractivity contribution in [3.05, 3.63) is 48.0 Å². The predicted molar refractivity (Wildman–Crippen MR) is 103 cm³/mol. The Hall–Kier alpha value is -2.14. The van der Waals surface area contributed by atoms with Crippen LogP contribution < -0.4 is 5.32 Å². The average molecular weight is 368 g/mol. The number of ether oxygens (including phenoxy) is 1. The second-order valence-electron chi connectivity index (χ2n) is 8.68. The number of carbonyl (C=O) groups excluding carboxylic acids is 2. The highest BCUT2D eigenvalue weighted by molar-refractivity contribution is 5.93. The van der Waals surface area contributed by atoms with Crippen molar-refractivity contribution in [3.8, 4) is 0 Å². The first kappa shape index (κ1) is 18.2. The maximum Gasteiger partial charge on any atom is 0.230 e. The van der Waals surface area contributed by atoms with Gasteiger partial charge in [0.15, 0.2) is 0 Å². The summed E-state index contributed by atoms with van der Waals surface area (Å²) in [5, 5.41) is 3.04. The lowest BCUT2D eigenvalue weighted by Gasteiger charge is -2.29. The standard InChI is InChI=1S/C22H28N2O3/c1-15(2)9-12-23-19(25)17-18-20(26)24(13-16-7-5-4-6-8-16)14-22(18)11-10-21(17,3)27-22/h4-8,10-11,15,17-18H,9,12-14H2,1-3H3,(H,23,25)/t17?,18-,21-,22?/m1/s1. The van der Waals surface area contributed by atoms with Crippen LogP contribution in [0.2, 0.25) is 0 Å². The molecule has 4 atom stereocenters. The second-order valence-corrected chi connectivity index (χ2v) is 8.68. The van der Waals surface area contributed by atoms with Crippen LogP contribution in [0, 0.1) is 17.8 Å². The van der Waals surface area contributed by atoms with Gasteiger partial charge in [-0.25, -0.2) is 0 Å². The summed E-state index contributed by atoms with van der Waals surface area (Å²) in [4.78, 5) is 28.1. The van der Waals surface area contributed by atoms with Crippen LogP contribution in [0.1, 0.15) is 32.8 Å². The van der Waals surface area contributed by atoms with Crippen molar-refractivity contribution in [1.82, 2.24) is 10.2 Å². The van der Waals surface area contributed by atoms with Gasteiger partial charge in [0.2, 0.25) is 11.8 Å². The Morgan fingerprint density at radius 3 is 2.74 bits per heavy atom. The van der Waals surface area contributed by atoms with Crippen molar-refractivity contribution in [2.24, 2.45) is 17.8 Å². The molecule has 144 valence electrons. The fourth-order valence-corrected chi connectivity index (χ4v) is 4.78. The molecule has 1 spiro atoms. The lowest BCUT2D eigenvalue weighted by atomic mass is 9.72.